The second-order valence-corrected chi connectivity index (χ2v) is 6.28. The number of hydrogen-bond donors (Lipinski definition) is 1. The van der Waals surface area contributed by atoms with Crippen LogP contribution in [0.25, 0.3) is 0 Å². The Morgan fingerprint density at radius 3 is 2.94 bits per heavy atom. The molecule has 1 aliphatic heterocycles. The summed E-state index contributed by atoms with van der Waals surface area (Å²) in [5.41, 5.74) is 0. The summed E-state index contributed by atoms with van der Waals surface area (Å²) < 4.78 is 25.7. The molecular weight excluding hydrogens is 264 g/mol. The van der Waals surface area contributed by atoms with Crippen LogP contribution in [0.5, 0.6) is 0 Å². The van der Waals surface area contributed by atoms with Crippen molar-refractivity contribution in [1.82, 2.24) is 9.29 Å². The molecule has 2 heterocycles. The molecule has 1 unspecified atom stereocenters. The van der Waals surface area contributed by atoms with Gasteiger partial charge in [-0.3, -0.25) is 4.98 Å². The van der Waals surface area contributed by atoms with Gasteiger partial charge in [-0.2, -0.15) is 4.31 Å². The average Bonchev–Trinajstić information content (AvgIpc) is 2.29. The maximum Gasteiger partial charge on any atom is 0.246 e. The Morgan fingerprint density at radius 2 is 2.29 bits per heavy atom. The minimum Gasteiger partial charge on any atom is -0.392 e. The fraction of sp³-hybridized carbons (Fsp3) is 0.500. The summed E-state index contributed by atoms with van der Waals surface area (Å²) in [4.78, 5) is 3.77. The summed E-state index contributed by atoms with van der Waals surface area (Å²) in [6, 6.07) is 1.44. The van der Waals surface area contributed by atoms with Crippen molar-refractivity contribution < 1.29 is 13.5 Å². The molecule has 17 heavy (non-hydrogen) atoms. The summed E-state index contributed by atoms with van der Waals surface area (Å²) in [5.74, 6) is 0. The molecule has 0 radical (unpaired) electrons. The molecule has 0 bridgehead atoms. The predicted octanol–water partition coefficient (Wildman–Crippen LogP) is 0.880. The lowest BCUT2D eigenvalue weighted by molar-refractivity contribution is 0.108. The third-order valence-corrected chi connectivity index (χ3v) is 5.05. The van der Waals surface area contributed by atoms with Crippen molar-refractivity contribution in [2.24, 2.45) is 0 Å². The Labute approximate surface area is 105 Å². The standard InChI is InChI=1S/C10H13ClN2O3S/c11-9-3-4-12-6-10(9)17(15,16)13-5-1-2-8(14)7-13/h3-4,6,8,14H,1-2,5,7H2. The van der Waals surface area contributed by atoms with Crippen LogP contribution >= 0.6 is 11.6 Å². The smallest absolute Gasteiger partial charge is 0.246 e. The Hall–Kier alpha value is -0.690. The van der Waals surface area contributed by atoms with Gasteiger partial charge in [0.25, 0.3) is 0 Å². The summed E-state index contributed by atoms with van der Waals surface area (Å²) in [7, 11) is -3.65. The molecule has 7 heteroatoms. The topological polar surface area (TPSA) is 70.5 Å². The molecule has 0 amide bonds. The highest BCUT2D eigenvalue weighted by molar-refractivity contribution is 7.89. The lowest BCUT2D eigenvalue weighted by Crippen LogP contribution is -2.42. The van der Waals surface area contributed by atoms with Crippen molar-refractivity contribution in [3.05, 3.63) is 23.5 Å². The fourth-order valence-electron chi connectivity index (χ4n) is 1.83. The van der Waals surface area contributed by atoms with E-state index in [4.69, 9.17) is 11.6 Å². The number of piperidine rings is 1. The van der Waals surface area contributed by atoms with Crippen LogP contribution in [-0.2, 0) is 10.0 Å². The van der Waals surface area contributed by atoms with Crippen molar-refractivity contribution in [1.29, 1.82) is 0 Å². The fourth-order valence-corrected chi connectivity index (χ4v) is 3.75. The molecule has 94 valence electrons. The number of nitrogens with zero attached hydrogens (tertiary/aromatic N) is 2. The van der Waals surface area contributed by atoms with Crippen molar-refractivity contribution in [2.75, 3.05) is 13.1 Å². The van der Waals surface area contributed by atoms with Crippen LogP contribution in [0, 0.1) is 0 Å². The first kappa shape index (κ1) is 12.8. The van der Waals surface area contributed by atoms with Crippen LogP contribution in [0.2, 0.25) is 5.02 Å². The monoisotopic (exact) mass is 276 g/mol. The van der Waals surface area contributed by atoms with Gasteiger partial charge >= 0.3 is 0 Å². The van der Waals surface area contributed by atoms with E-state index in [1.807, 2.05) is 0 Å². The van der Waals surface area contributed by atoms with Crippen LogP contribution in [0.1, 0.15) is 12.8 Å². The first-order valence-electron chi connectivity index (χ1n) is 5.29. The van der Waals surface area contributed by atoms with Gasteiger partial charge in [-0.25, -0.2) is 8.42 Å². The van der Waals surface area contributed by atoms with Gasteiger partial charge in [0.2, 0.25) is 10.0 Å². The van der Waals surface area contributed by atoms with Crippen LogP contribution in [0.4, 0.5) is 0 Å². The number of hydrogen-bond acceptors (Lipinski definition) is 4. The summed E-state index contributed by atoms with van der Waals surface area (Å²) >= 11 is 5.86. The molecule has 1 saturated heterocycles. The zero-order chi connectivity index (χ0) is 12.5. The lowest BCUT2D eigenvalue weighted by atomic mass is 10.1. The largest absolute Gasteiger partial charge is 0.392 e. The molecule has 1 atom stereocenters. The summed E-state index contributed by atoms with van der Waals surface area (Å²) in [6.45, 7) is 0.526. The van der Waals surface area contributed by atoms with Crippen LogP contribution in [-0.4, -0.2) is 42.0 Å². The summed E-state index contributed by atoms with van der Waals surface area (Å²) in [6.07, 6.45) is 3.35. The molecule has 1 fully saturated rings. The van der Waals surface area contributed by atoms with E-state index >= 15 is 0 Å². The SMILES string of the molecule is O=S(=O)(c1cnccc1Cl)N1CCCC(O)C1. The van der Waals surface area contributed by atoms with Crippen molar-refractivity contribution >= 4 is 21.6 Å². The average molecular weight is 277 g/mol. The van der Waals surface area contributed by atoms with E-state index in [0.717, 1.165) is 0 Å². The highest BCUT2D eigenvalue weighted by Gasteiger charge is 2.30. The quantitative estimate of drug-likeness (QED) is 0.871. The first-order chi connectivity index (χ1) is 8.01. The van der Waals surface area contributed by atoms with E-state index in [2.05, 4.69) is 4.98 Å². The minimum atomic E-state index is -3.65. The minimum absolute atomic E-state index is 0.00392. The Kier molecular flexibility index (Phi) is 3.67. The van der Waals surface area contributed by atoms with E-state index in [1.54, 1.807) is 0 Å². The van der Waals surface area contributed by atoms with Crippen molar-refractivity contribution in [2.45, 2.75) is 23.8 Å². The second kappa shape index (κ2) is 4.89. The molecule has 0 aromatic carbocycles. The first-order valence-corrected chi connectivity index (χ1v) is 7.11. The van der Waals surface area contributed by atoms with Crippen LogP contribution < -0.4 is 0 Å². The molecule has 1 N–H and O–H groups in total. The molecular formula is C10H13ClN2O3S. The van der Waals surface area contributed by atoms with Gasteiger partial charge in [0.1, 0.15) is 4.90 Å². The molecule has 0 saturated carbocycles. The maximum absolute atomic E-state index is 12.2. The maximum atomic E-state index is 12.2. The van der Waals surface area contributed by atoms with Gasteiger partial charge in [-0.05, 0) is 18.9 Å². The zero-order valence-corrected chi connectivity index (χ0v) is 10.7. The molecule has 1 aromatic heterocycles. The number of aromatic nitrogens is 1. The van der Waals surface area contributed by atoms with Crippen molar-refractivity contribution in [3.8, 4) is 0 Å². The van der Waals surface area contributed by atoms with Gasteiger partial charge in [-0.15, -0.1) is 0 Å². The predicted molar refractivity (Wildman–Crippen MR) is 63.2 cm³/mol. The third kappa shape index (κ3) is 2.60. The Bertz CT molecular complexity index is 506. The number of sulfonamides is 1. The number of halogens is 1. The lowest BCUT2D eigenvalue weighted by Gasteiger charge is -2.29. The number of pyridine rings is 1. The van der Waals surface area contributed by atoms with Crippen LogP contribution in [0.3, 0.4) is 0 Å². The highest BCUT2D eigenvalue weighted by atomic mass is 35.5. The van der Waals surface area contributed by atoms with Gasteiger partial charge in [-0.1, -0.05) is 11.6 Å². The molecule has 1 aliphatic rings. The number of rotatable bonds is 2. The Morgan fingerprint density at radius 1 is 1.53 bits per heavy atom. The Balaban J connectivity index is 2.33. The molecule has 2 rings (SSSR count). The normalized spacial score (nSPS) is 22.6. The van der Waals surface area contributed by atoms with Gasteiger partial charge < -0.3 is 5.11 Å². The molecule has 0 spiro atoms. The third-order valence-electron chi connectivity index (χ3n) is 2.71. The van der Waals surface area contributed by atoms with E-state index in [9.17, 15) is 13.5 Å². The van der Waals surface area contributed by atoms with Crippen LogP contribution in [0.15, 0.2) is 23.4 Å². The zero-order valence-electron chi connectivity index (χ0n) is 9.08. The van der Waals surface area contributed by atoms with Gasteiger partial charge in [0.05, 0.1) is 11.1 Å². The molecule has 1 aromatic rings. The number of β-amino-alcohol motifs (C(OH)–C–C–N with tert-alkyl or cyclic N) is 1. The van der Waals surface area contributed by atoms with E-state index in [-0.39, 0.29) is 16.5 Å². The highest BCUT2D eigenvalue weighted by Crippen LogP contribution is 2.25. The molecule has 0 aliphatic carbocycles. The van der Waals surface area contributed by atoms with Crippen molar-refractivity contribution in [3.63, 3.8) is 0 Å². The van der Waals surface area contributed by atoms with E-state index in [1.165, 1.54) is 22.8 Å². The van der Waals surface area contributed by atoms with Gasteiger partial charge in [0.15, 0.2) is 0 Å². The molecule has 5 nitrogen and oxygen atoms in total. The van der Waals surface area contributed by atoms with E-state index in [0.29, 0.717) is 19.4 Å². The number of aliphatic hydroxyl groups excluding tert-OH is 1. The van der Waals surface area contributed by atoms with E-state index < -0.39 is 16.1 Å². The second-order valence-electron chi connectivity index (χ2n) is 3.97. The summed E-state index contributed by atoms with van der Waals surface area (Å²) in [5, 5.41) is 9.66. The number of aliphatic hydroxyl groups is 1. The van der Waals surface area contributed by atoms with Gasteiger partial charge in [0, 0.05) is 25.5 Å².